The van der Waals surface area contributed by atoms with Gasteiger partial charge in [-0.15, -0.1) is 0 Å². The molecule has 6 bridgehead atoms. The van der Waals surface area contributed by atoms with Gasteiger partial charge in [0.15, 0.2) is 11.6 Å². The van der Waals surface area contributed by atoms with Gasteiger partial charge in [0.1, 0.15) is 0 Å². The number of aromatic nitrogens is 4. The number of fused-ring (bicyclic) bond motifs is 5. The third-order valence-electron chi connectivity index (χ3n) is 5.86. The van der Waals surface area contributed by atoms with Crippen LogP contribution in [0.5, 0.6) is 0 Å². The number of thioether (sulfide) groups is 1. The predicted molar refractivity (Wildman–Crippen MR) is 100 cm³/mol. The second-order valence-corrected chi connectivity index (χ2v) is 8.76. The van der Waals surface area contributed by atoms with Gasteiger partial charge >= 0.3 is 0 Å². The van der Waals surface area contributed by atoms with Crippen LogP contribution in [0, 0.1) is 23.6 Å². The summed E-state index contributed by atoms with van der Waals surface area (Å²) in [4.78, 5) is 20.4. The highest BCUT2D eigenvalue weighted by molar-refractivity contribution is 7.99. The lowest BCUT2D eigenvalue weighted by Gasteiger charge is -2.35. The Bertz CT molecular complexity index is 890. The lowest BCUT2D eigenvalue weighted by molar-refractivity contribution is -0.123. The van der Waals surface area contributed by atoms with Crippen LogP contribution in [-0.2, 0) is 11.3 Å². The Labute approximate surface area is 159 Å². The van der Waals surface area contributed by atoms with E-state index in [0.29, 0.717) is 5.25 Å². The minimum atomic E-state index is -0.543. The zero-order valence-electron chi connectivity index (χ0n) is 14.5. The fraction of sp³-hybridized carbons (Fsp3) is 0.529. The second-order valence-electron chi connectivity index (χ2n) is 7.41. The van der Waals surface area contributed by atoms with Crippen molar-refractivity contribution in [3.8, 4) is 0 Å². The van der Waals surface area contributed by atoms with Gasteiger partial charge in [0.25, 0.3) is 0 Å². The Morgan fingerprint density at radius 3 is 3.11 bits per heavy atom. The van der Waals surface area contributed by atoms with Gasteiger partial charge < -0.3 is 16.4 Å². The quantitative estimate of drug-likeness (QED) is 0.679. The number of primary amides is 1. The normalized spacial score (nSPS) is 31.7. The molecule has 2 fully saturated rings. The molecule has 2 aromatic heterocycles. The van der Waals surface area contributed by atoms with E-state index in [9.17, 15) is 9.18 Å². The smallest absolute Gasteiger partial charge is 0.229 e. The third-order valence-corrected chi connectivity index (χ3v) is 7.25. The van der Waals surface area contributed by atoms with Crippen molar-refractivity contribution in [2.24, 2.45) is 23.5 Å². The first-order valence-corrected chi connectivity index (χ1v) is 10.1. The van der Waals surface area contributed by atoms with Gasteiger partial charge in [0, 0.05) is 23.2 Å². The molecule has 4 N–H and O–H groups in total. The number of nitrogens with two attached hydrogens (primary N) is 1. The molecule has 1 amide bonds. The van der Waals surface area contributed by atoms with E-state index >= 15 is 0 Å². The second kappa shape index (κ2) is 6.36. The van der Waals surface area contributed by atoms with E-state index in [1.165, 1.54) is 0 Å². The van der Waals surface area contributed by atoms with Crippen LogP contribution in [0.15, 0.2) is 18.6 Å². The van der Waals surface area contributed by atoms with Gasteiger partial charge in [-0.2, -0.15) is 21.8 Å². The van der Waals surface area contributed by atoms with E-state index in [4.69, 9.17) is 5.73 Å². The predicted octanol–water partition coefficient (Wildman–Crippen LogP) is 1.59. The Kier molecular flexibility index (Phi) is 3.96. The molecule has 5 atom stereocenters. The largest absolute Gasteiger partial charge is 0.369 e. The van der Waals surface area contributed by atoms with Crippen LogP contribution in [0.25, 0.3) is 0 Å². The maximum Gasteiger partial charge on any atom is 0.229 e. The molecule has 0 radical (unpaired) electrons. The molecule has 0 aromatic carbocycles. The van der Waals surface area contributed by atoms with E-state index in [2.05, 4.69) is 25.7 Å². The topological polar surface area (TPSA) is 111 Å². The van der Waals surface area contributed by atoms with E-state index in [-0.39, 0.29) is 41.5 Å². The Hall–Kier alpha value is -2.36. The molecule has 0 spiro atoms. The molecule has 2 aromatic rings. The van der Waals surface area contributed by atoms with E-state index in [0.717, 1.165) is 37.0 Å². The Morgan fingerprint density at radius 1 is 1.37 bits per heavy atom. The van der Waals surface area contributed by atoms with Gasteiger partial charge in [-0.25, -0.2) is 9.37 Å². The number of anilines is 3. The number of nitrogens with zero attached hydrogens (tertiary/aromatic N) is 4. The van der Waals surface area contributed by atoms with Crippen molar-refractivity contribution in [1.82, 2.24) is 19.7 Å². The maximum atomic E-state index is 14.4. The zero-order valence-corrected chi connectivity index (χ0v) is 15.3. The summed E-state index contributed by atoms with van der Waals surface area (Å²) < 4.78 is 16.2. The molecule has 2 saturated carbocycles. The monoisotopic (exact) mass is 389 g/mol. The van der Waals surface area contributed by atoms with Crippen LogP contribution in [0.3, 0.4) is 0 Å². The molecular weight excluding hydrogens is 369 g/mol. The van der Waals surface area contributed by atoms with Crippen LogP contribution >= 0.6 is 11.8 Å². The number of nitrogens with one attached hydrogen (secondary N) is 2. The highest BCUT2D eigenvalue weighted by Gasteiger charge is 2.55. The number of aryl methyl sites for hydroxylation is 1. The van der Waals surface area contributed by atoms with Crippen LogP contribution in [0.4, 0.5) is 21.8 Å². The van der Waals surface area contributed by atoms with Crippen molar-refractivity contribution < 1.29 is 9.18 Å². The van der Waals surface area contributed by atoms with Crippen molar-refractivity contribution in [3.05, 3.63) is 24.4 Å². The first-order chi connectivity index (χ1) is 13.1. The van der Waals surface area contributed by atoms with Crippen LogP contribution in [0.2, 0.25) is 0 Å². The fourth-order valence-corrected chi connectivity index (χ4v) is 6.27. The first-order valence-electron chi connectivity index (χ1n) is 9.08. The molecule has 27 heavy (non-hydrogen) atoms. The van der Waals surface area contributed by atoms with Crippen molar-refractivity contribution in [2.45, 2.75) is 30.7 Å². The van der Waals surface area contributed by atoms with Gasteiger partial charge in [-0.05, 0) is 24.7 Å². The van der Waals surface area contributed by atoms with E-state index in [1.54, 1.807) is 6.20 Å². The summed E-state index contributed by atoms with van der Waals surface area (Å²) in [6.45, 7) is 0.799. The number of halogens is 1. The minimum Gasteiger partial charge on any atom is -0.369 e. The number of hydrogen-bond acceptors (Lipinski definition) is 7. The summed E-state index contributed by atoms with van der Waals surface area (Å²) >= 11 is 1.90. The molecular formula is C17H20FN7OS. The molecule has 0 saturated heterocycles. The zero-order chi connectivity index (χ0) is 18.5. The summed E-state index contributed by atoms with van der Waals surface area (Å²) in [5.74, 6) is 0.660. The number of amides is 1. The summed E-state index contributed by atoms with van der Waals surface area (Å²) in [6.07, 6.45) is 6.63. The summed E-state index contributed by atoms with van der Waals surface area (Å²) in [5, 5.41) is 11.0. The molecule has 1 aliphatic heterocycles. The van der Waals surface area contributed by atoms with Crippen LogP contribution < -0.4 is 16.4 Å². The SMILES string of the molecule is NC(=O)[C@H]1[C@H]2C[C@H]3[C@H]1Nc1nc(ncc1F)Nc1cnn(c1)CCS[C@@H]3C2. The Balaban J connectivity index is 1.53. The summed E-state index contributed by atoms with van der Waals surface area (Å²) in [5.41, 5.74) is 6.43. The molecule has 3 heterocycles. The van der Waals surface area contributed by atoms with Crippen molar-refractivity contribution in [1.29, 1.82) is 0 Å². The highest BCUT2D eigenvalue weighted by Crippen LogP contribution is 2.53. The van der Waals surface area contributed by atoms with E-state index < -0.39 is 5.82 Å². The number of rotatable bonds is 1. The number of carbonyl (C=O) groups is 1. The third kappa shape index (κ3) is 2.91. The fourth-order valence-electron chi connectivity index (χ4n) is 4.76. The maximum absolute atomic E-state index is 14.4. The van der Waals surface area contributed by atoms with Gasteiger partial charge in [0.05, 0.1) is 30.5 Å². The van der Waals surface area contributed by atoms with Crippen LogP contribution in [0.1, 0.15) is 12.8 Å². The highest BCUT2D eigenvalue weighted by atomic mass is 32.2. The molecule has 10 heteroatoms. The molecule has 3 aliphatic rings. The van der Waals surface area contributed by atoms with Crippen LogP contribution in [-0.4, -0.2) is 42.7 Å². The number of carbonyl (C=O) groups excluding carboxylic acids is 1. The van der Waals surface area contributed by atoms with E-state index in [1.807, 2.05) is 22.6 Å². The molecule has 5 rings (SSSR count). The van der Waals surface area contributed by atoms with Crippen molar-refractivity contribution in [2.75, 3.05) is 16.4 Å². The molecule has 8 nitrogen and oxygen atoms in total. The average molecular weight is 389 g/mol. The van der Waals surface area contributed by atoms with Crippen molar-refractivity contribution in [3.63, 3.8) is 0 Å². The Morgan fingerprint density at radius 2 is 2.26 bits per heavy atom. The van der Waals surface area contributed by atoms with Gasteiger partial charge in [-0.3, -0.25) is 9.48 Å². The standard InChI is InChI=1S/C17H20FN7OS/c18-11-6-20-17-22-9-5-21-25(7-9)1-2-27-12-4-8-3-10(12)14(13(8)15(19)26)23-16(11)24-17/h5-8,10,12-14H,1-4H2,(H2,19,26)(H2,20,22,23,24)/t8-,10+,12+,13-,14+/m0/s1. The van der Waals surface area contributed by atoms with Gasteiger partial charge in [0.2, 0.25) is 11.9 Å². The number of hydrogen-bond donors (Lipinski definition) is 3. The molecule has 142 valence electrons. The minimum absolute atomic E-state index is 0.101. The van der Waals surface area contributed by atoms with Gasteiger partial charge in [-0.1, -0.05) is 0 Å². The summed E-state index contributed by atoms with van der Waals surface area (Å²) in [6, 6.07) is -0.202. The summed E-state index contributed by atoms with van der Waals surface area (Å²) in [7, 11) is 0. The van der Waals surface area contributed by atoms with Crippen molar-refractivity contribution >= 4 is 35.1 Å². The lowest BCUT2D eigenvalue weighted by atomic mass is 9.83. The average Bonchev–Trinajstić information content (AvgIpc) is 3.32. The molecule has 2 aliphatic carbocycles. The molecule has 0 unspecified atom stereocenters. The lowest BCUT2D eigenvalue weighted by Crippen LogP contribution is -2.46. The first kappa shape index (κ1) is 16.8.